The molecule has 1 aromatic heterocycles. The van der Waals surface area contributed by atoms with Gasteiger partial charge < -0.3 is 10.6 Å². The molecule has 0 bridgehead atoms. The Kier molecular flexibility index (Phi) is 5.83. The number of pyridine rings is 1. The molecule has 1 aromatic carbocycles. The van der Waals surface area contributed by atoms with Crippen LogP contribution in [0.1, 0.15) is 0 Å². The molecule has 1 heterocycles. The Labute approximate surface area is 147 Å². The van der Waals surface area contributed by atoms with Gasteiger partial charge >= 0.3 is 0 Å². The summed E-state index contributed by atoms with van der Waals surface area (Å²) in [7, 11) is 0. The maximum absolute atomic E-state index is 12.1. The highest BCUT2D eigenvalue weighted by Crippen LogP contribution is 2.25. The smallest absolute Gasteiger partial charge is 0.267 e. The zero-order valence-corrected chi connectivity index (χ0v) is 13.7. The maximum atomic E-state index is 12.1. The van der Waals surface area contributed by atoms with Gasteiger partial charge in [-0.25, -0.2) is 4.98 Å². The molecule has 8 heteroatoms. The monoisotopic (exact) mass is 366 g/mol. The van der Waals surface area contributed by atoms with E-state index in [0.717, 1.165) is 0 Å². The highest BCUT2D eigenvalue weighted by molar-refractivity contribution is 6.42. The molecule has 0 aliphatic heterocycles. The second-order valence-electron chi connectivity index (χ2n) is 4.24. The molecule has 0 radical (unpaired) electrons. The number of hydrogen-bond donors (Lipinski definition) is 2. The molecule has 2 N–H and O–H groups in total. The predicted octanol–water partition coefficient (Wildman–Crippen LogP) is 4.50. The van der Waals surface area contributed by atoms with Gasteiger partial charge in [0.1, 0.15) is 11.6 Å². The molecule has 5 nitrogen and oxygen atoms in total. The summed E-state index contributed by atoms with van der Waals surface area (Å²) in [4.78, 5) is 16.0. The van der Waals surface area contributed by atoms with Crippen molar-refractivity contribution in [3.63, 3.8) is 0 Å². The summed E-state index contributed by atoms with van der Waals surface area (Å²) in [6, 6.07) is 9.75. The standard InChI is InChI=1S/C15H9Cl3N4O/c16-11-4-3-10(6-12(11)17)22-15(23)9(7-19)8-21-13-2-1-5-20-14(13)18/h1-6,8,21H,(H,22,23)/b9-8-. The molecular weight excluding hydrogens is 359 g/mol. The van der Waals surface area contributed by atoms with Crippen LogP contribution in [0, 0.1) is 11.3 Å². The fraction of sp³-hybridized carbons (Fsp3) is 0. The number of nitriles is 1. The summed E-state index contributed by atoms with van der Waals surface area (Å²) in [5.41, 5.74) is 0.755. The average Bonchev–Trinajstić information content (AvgIpc) is 2.53. The SMILES string of the molecule is N#C/C(=C/Nc1cccnc1Cl)C(=O)Nc1ccc(Cl)c(Cl)c1. The zero-order valence-electron chi connectivity index (χ0n) is 11.5. The Hall–Kier alpha value is -2.26. The number of amides is 1. The molecule has 116 valence electrons. The molecule has 1 amide bonds. The summed E-state index contributed by atoms with van der Waals surface area (Å²) in [6.45, 7) is 0. The number of anilines is 2. The number of hydrogen-bond acceptors (Lipinski definition) is 4. The van der Waals surface area contributed by atoms with Gasteiger partial charge in [0.25, 0.3) is 5.91 Å². The Morgan fingerprint density at radius 1 is 1.22 bits per heavy atom. The fourth-order valence-corrected chi connectivity index (χ4v) is 2.04. The van der Waals surface area contributed by atoms with Crippen LogP contribution in [-0.2, 0) is 4.79 Å². The zero-order chi connectivity index (χ0) is 16.8. The summed E-state index contributed by atoms with van der Waals surface area (Å²) in [6.07, 6.45) is 2.77. The van der Waals surface area contributed by atoms with Crippen LogP contribution in [0.25, 0.3) is 0 Å². The van der Waals surface area contributed by atoms with E-state index in [0.29, 0.717) is 21.4 Å². The van der Waals surface area contributed by atoms with Crippen molar-refractivity contribution in [3.05, 3.63) is 63.5 Å². The third kappa shape index (κ3) is 4.60. The molecule has 0 saturated heterocycles. The van der Waals surface area contributed by atoms with Gasteiger partial charge in [-0.15, -0.1) is 0 Å². The van der Waals surface area contributed by atoms with Crippen LogP contribution in [0.15, 0.2) is 48.3 Å². The highest BCUT2D eigenvalue weighted by Gasteiger charge is 2.10. The lowest BCUT2D eigenvalue weighted by Gasteiger charge is -2.06. The van der Waals surface area contributed by atoms with Gasteiger partial charge in [-0.05, 0) is 30.3 Å². The van der Waals surface area contributed by atoms with Gasteiger partial charge in [0.15, 0.2) is 5.15 Å². The van der Waals surface area contributed by atoms with Gasteiger partial charge in [-0.3, -0.25) is 4.79 Å². The number of halogens is 3. The predicted molar refractivity (Wildman–Crippen MR) is 91.7 cm³/mol. The minimum Gasteiger partial charge on any atom is -0.358 e. The molecular formula is C15H9Cl3N4O. The van der Waals surface area contributed by atoms with Crippen LogP contribution < -0.4 is 10.6 Å². The fourth-order valence-electron chi connectivity index (χ4n) is 1.56. The molecule has 2 aromatic rings. The van der Waals surface area contributed by atoms with Gasteiger partial charge in [0.2, 0.25) is 0 Å². The Morgan fingerprint density at radius 3 is 2.65 bits per heavy atom. The Balaban J connectivity index is 2.12. The largest absolute Gasteiger partial charge is 0.358 e. The molecule has 23 heavy (non-hydrogen) atoms. The van der Waals surface area contributed by atoms with E-state index in [9.17, 15) is 4.79 Å². The van der Waals surface area contributed by atoms with Gasteiger partial charge in [-0.2, -0.15) is 5.26 Å². The first-order chi connectivity index (χ1) is 11.0. The van der Waals surface area contributed by atoms with E-state index in [1.165, 1.54) is 18.5 Å². The summed E-state index contributed by atoms with van der Waals surface area (Å²) in [5, 5.41) is 15.3. The van der Waals surface area contributed by atoms with Gasteiger partial charge in [-0.1, -0.05) is 34.8 Å². The summed E-state index contributed by atoms with van der Waals surface area (Å²) in [5.74, 6) is -0.599. The first-order valence-electron chi connectivity index (χ1n) is 6.25. The first kappa shape index (κ1) is 17.1. The Bertz CT molecular complexity index is 815. The van der Waals surface area contributed by atoms with Crippen molar-refractivity contribution in [1.29, 1.82) is 5.26 Å². The normalized spacial score (nSPS) is 10.8. The summed E-state index contributed by atoms with van der Waals surface area (Å²) >= 11 is 17.6. The van der Waals surface area contributed by atoms with E-state index >= 15 is 0 Å². The minimum absolute atomic E-state index is 0.143. The van der Waals surface area contributed by atoms with Crippen molar-refractivity contribution in [3.8, 4) is 6.07 Å². The van der Waals surface area contributed by atoms with Gasteiger partial charge in [0.05, 0.1) is 15.7 Å². The molecule has 0 aliphatic carbocycles. The molecule has 0 fully saturated rings. The van der Waals surface area contributed by atoms with Crippen molar-refractivity contribution in [1.82, 2.24) is 4.98 Å². The molecule has 0 unspecified atom stereocenters. The summed E-state index contributed by atoms with van der Waals surface area (Å²) < 4.78 is 0. The van der Waals surface area contributed by atoms with Gasteiger partial charge in [0, 0.05) is 18.1 Å². The van der Waals surface area contributed by atoms with Crippen molar-refractivity contribution in [2.24, 2.45) is 0 Å². The van der Waals surface area contributed by atoms with Crippen molar-refractivity contribution < 1.29 is 4.79 Å². The topological polar surface area (TPSA) is 77.8 Å². The van der Waals surface area contributed by atoms with E-state index in [1.54, 1.807) is 30.3 Å². The Morgan fingerprint density at radius 2 is 2.00 bits per heavy atom. The number of aromatic nitrogens is 1. The molecule has 0 spiro atoms. The van der Waals surface area contributed by atoms with E-state index in [1.807, 2.05) is 0 Å². The number of nitrogens with one attached hydrogen (secondary N) is 2. The lowest BCUT2D eigenvalue weighted by atomic mass is 10.2. The molecule has 2 rings (SSSR count). The highest BCUT2D eigenvalue weighted by atomic mass is 35.5. The van der Waals surface area contributed by atoms with Crippen LogP contribution in [0.5, 0.6) is 0 Å². The minimum atomic E-state index is -0.599. The second kappa shape index (κ2) is 7.84. The molecule has 0 atom stereocenters. The average molecular weight is 368 g/mol. The quantitative estimate of drug-likeness (QED) is 0.474. The number of carbonyl (C=O) groups excluding carboxylic acids is 1. The third-order valence-electron chi connectivity index (χ3n) is 2.67. The number of nitrogens with zero attached hydrogens (tertiary/aromatic N) is 2. The van der Waals surface area contributed by atoms with Crippen molar-refractivity contribution in [2.75, 3.05) is 10.6 Å². The lowest BCUT2D eigenvalue weighted by molar-refractivity contribution is -0.112. The van der Waals surface area contributed by atoms with Crippen LogP contribution in [0.2, 0.25) is 15.2 Å². The molecule has 0 saturated carbocycles. The number of benzene rings is 1. The van der Waals surface area contributed by atoms with Crippen LogP contribution >= 0.6 is 34.8 Å². The lowest BCUT2D eigenvalue weighted by Crippen LogP contribution is -2.14. The van der Waals surface area contributed by atoms with E-state index in [4.69, 9.17) is 40.1 Å². The van der Waals surface area contributed by atoms with Crippen LogP contribution in [-0.4, -0.2) is 10.9 Å². The van der Waals surface area contributed by atoms with Crippen molar-refractivity contribution in [2.45, 2.75) is 0 Å². The number of carbonyl (C=O) groups is 1. The van der Waals surface area contributed by atoms with Crippen molar-refractivity contribution >= 4 is 52.1 Å². The first-order valence-corrected chi connectivity index (χ1v) is 7.38. The molecule has 0 aliphatic rings. The third-order valence-corrected chi connectivity index (χ3v) is 3.71. The van der Waals surface area contributed by atoms with Crippen LogP contribution in [0.4, 0.5) is 11.4 Å². The van der Waals surface area contributed by atoms with E-state index < -0.39 is 5.91 Å². The van der Waals surface area contributed by atoms with E-state index in [2.05, 4.69) is 15.6 Å². The maximum Gasteiger partial charge on any atom is 0.267 e. The number of rotatable bonds is 4. The second-order valence-corrected chi connectivity index (χ2v) is 5.41. The van der Waals surface area contributed by atoms with Crippen LogP contribution in [0.3, 0.4) is 0 Å². The van der Waals surface area contributed by atoms with E-state index in [-0.39, 0.29) is 10.7 Å².